The molecule has 0 fully saturated rings. The number of carbonyl (C=O) groups excluding carboxylic acids is 1. The van der Waals surface area contributed by atoms with Crippen LogP contribution in [-0.2, 0) is 0 Å². The van der Waals surface area contributed by atoms with E-state index in [9.17, 15) is 14.7 Å². The molecule has 0 spiro atoms. The molecule has 1 aromatic carbocycles. The number of aromatic carboxylic acids is 1. The number of nitrogens with zero attached hydrogens (tertiary/aromatic N) is 2. The molecule has 1 unspecified atom stereocenters. The van der Waals surface area contributed by atoms with E-state index in [0.717, 1.165) is 5.56 Å². The first-order chi connectivity index (χ1) is 10.5. The number of rotatable bonds is 5. The van der Waals surface area contributed by atoms with Gasteiger partial charge in [-0.25, -0.2) is 4.79 Å². The van der Waals surface area contributed by atoms with Gasteiger partial charge in [0.25, 0.3) is 5.91 Å². The molecule has 2 aromatic rings. The Balaban J connectivity index is 2.47. The molecular formula is C15H17N3O4. The SMILES string of the molecule is CNC(=O)c1cc(C(=O)O)n(C(C)c2cccc(OC)c2)n1. The summed E-state index contributed by atoms with van der Waals surface area (Å²) >= 11 is 0. The Bertz CT molecular complexity index is 709. The van der Waals surface area contributed by atoms with E-state index >= 15 is 0 Å². The molecule has 7 nitrogen and oxygen atoms in total. The summed E-state index contributed by atoms with van der Waals surface area (Å²) in [5, 5.41) is 15.9. The fourth-order valence-electron chi connectivity index (χ4n) is 2.13. The summed E-state index contributed by atoms with van der Waals surface area (Å²) in [7, 11) is 3.03. The van der Waals surface area contributed by atoms with Crippen molar-refractivity contribution in [3.05, 3.63) is 47.3 Å². The molecule has 2 rings (SSSR count). The van der Waals surface area contributed by atoms with Gasteiger partial charge in [0, 0.05) is 13.1 Å². The quantitative estimate of drug-likeness (QED) is 0.874. The number of hydrogen-bond donors (Lipinski definition) is 2. The fraction of sp³-hybridized carbons (Fsp3) is 0.267. The van der Waals surface area contributed by atoms with Gasteiger partial charge in [-0.2, -0.15) is 5.10 Å². The predicted octanol–water partition coefficient (Wildman–Crippen LogP) is 1.56. The molecule has 0 radical (unpaired) electrons. The van der Waals surface area contributed by atoms with Crippen LogP contribution in [-0.4, -0.2) is 40.9 Å². The van der Waals surface area contributed by atoms with Crippen molar-refractivity contribution in [3.8, 4) is 5.75 Å². The van der Waals surface area contributed by atoms with E-state index < -0.39 is 11.9 Å². The van der Waals surface area contributed by atoms with Crippen LogP contribution in [0.5, 0.6) is 5.75 Å². The van der Waals surface area contributed by atoms with Crippen LogP contribution in [0.4, 0.5) is 0 Å². The third-order valence-electron chi connectivity index (χ3n) is 3.36. The smallest absolute Gasteiger partial charge is 0.354 e. The minimum Gasteiger partial charge on any atom is -0.497 e. The standard InChI is InChI=1S/C15H17N3O4/c1-9(10-5-4-6-11(7-10)22-3)18-13(15(20)21)8-12(17-18)14(19)16-2/h4-9H,1-3H3,(H,16,19)(H,20,21). The zero-order valence-corrected chi connectivity index (χ0v) is 12.5. The minimum atomic E-state index is -1.14. The Labute approximate surface area is 127 Å². The van der Waals surface area contributed by atoms with Crippen LogP contribution in [0.25, 0.3) is 0 Å². The van der Waals surface area contributed by atoms with E-state index in [2.05, 4.69) is 10.4 Å². The summed E-state index contributed by atoms with van der Waals surface area (Å²) < 4.78 is 6.49. The molecule has 116 valence electrons. The van der Waals surface area contributed by atoms with Crippen molar-refractivity contribution < 1.29 is 19.4 Å². The highest BCUT2D eigenvalue weighted by Gasteiger charge is 2.22. The summed E-state index contributed by atoms with van der Waals surface area (Å²) in [5.74, 6) is -0.906. The summed E-state index contributed by atoms with van der Waals surface area (Å²) in [6.07, 6.45) is 0. The van der Waals surface area contributed by atoms with Crippen LogP contribution >= 0.6 is 0 Å². The van der Waals surface area contributed by atoms with Gasteiger partial charge >= 0.3 is 5.97 Å². The Kier molecular flexibility index (Phi) is 4.45. The lowest BCUT2D eigenvalue weighted by molar-refractivity contribution is 0.0681. The Hall–Kier alpha value is -2.83. The number of hydrogen-bond acceptors (Lipinski definition) is 4. The maximum absolute atomic E-state index is 11.7. The molecule has 0 aliphatic heterocycles. The number of nitrogens with one attached hydrogen (secondary N) is 1. The minimum absolute atomic E-state index is 0.0473. The monoisotopic (exact) mass is 303 g/mol. The molecule has 0 aliphatic carbocycles. The Morgan fingerprint density at radius 1 is 1.36 bits per heavy atom. The van der Waals surface area contributed by atoms with Crippen molar-refractivity contribution in [2.75, 3.05) is 14.2 Å². The van der Waals surface area contributed by atoms with Crippen LogP contribution in [0.2, 0.25) is 0 Å². The Morgan fingerprint density at radius 2 is 2.09 bits per heavy atom. The molecule has 0 saturated carbocycles. The lowest BCUT2D eigenvalue weighted by atomic mass is 10.1. The number of methoxy groups -OCH3 is 1. The highest BCUT2D eigenvalue weighted by molar-refractivity contribution is 5.95. The maximum Gasteiger partial charge on any atom is 0.354 e. The van der Waals surface area contributed by atoms with E-state index in [0.29, 0.717) is 5.75 Å². The third-order valence-corrected chi connectivity index (χ3v) is 3.36. The zero-order chi connectivity index (χ0) is 16.3. The molecular weight excluding hydrogens is 286 g/mol. The normalized spacial score (nSPS) is 11.8. The number of carbonyl (C=O) groups is 2. The van der Waals surface area contributed by atoms with Crippen LogP contribution in [0.1, 0.15) is 39.5 Å². The lowest BCUT2D eigenvalue weighted by Crippen LogP contribution is -2.19. The molecule has 2 N–H and O–H groups in total. The maximum atomic E-state index is 11.7. The van der Waals surface area contributed by atoms with Crippen molar-refractivity contribution in [2.45, 2.75) is 13.0 Å². The van der Waals surface area contributed by atoms with Crippen molar-refractivity contribution in [3.63, 3.8) is 0 Å². The van der Waals surface area contributed by atoms with Gasteiger partial charge < -0.3 is 15.2 Å². The largest absolute Gasteiger partial charge is 0.497 e. The van der Waals surface area contributed by atoms with Gasteiger partial charge in [0.1, 0.15) is 11.4 Å². The molecule has 1 amide bonds. The molecule has 1 aromatic heterocycles. The number of aromatic nitrogens is 2. The van der Waals surface area contributed by atoms with Crippen LogP contribution < -0.4 is 10.1 Å². The van der Waals surface area contributed by atoms with Gasteiger partial charge in [-0.15, -0.1) is 0 Å². The Morgan fingerprint density at radius 3 is 2.68 bits per heavy atom. The van der Waals surface area contributed by atoms with Gasteiger partial charge in [0.2, 0.25) is 0 Å². The second kappa shape index (κ2) is 6.30. The summed E-state index contributed by atoms with van der Waals surface area (Å²) in [6.45, 7) is 1.81. The molecule has 1 heterocycles. The van der Waals surface area contributed by atoms with Crippen molar-refractivity contribution in [1.82, 2.24) is 15.1 Å². The fourth-order valence-corrected chi connectivity index (χ4v) is 2.13. The number of carboxylic acid groups (broad SMARTS) is 1. The summed E-state index contributed by atoms with van der Waals surface area (Å²) in [6, 6.07) is 8.16. The lowest BCUT2D eigenvalue weighted by Gasteiger charge is -2.15. The molecule has 22 heavy (non-hydrogen) atoms. The molecule has 0 aliphatic rings. The van der Waals surface area contributed by atoms with Gasteiger partial charge in [0.15, 0.2) is 5.69 Å². The van der Waals surface area contributed by atoms with Gasteiger partial charge in [-0.05, 0) is 24.6 Å². The third kappa shape index (κ3) is 2.93. The topological polar surface area (TPSA) is 93.5 Å². The van der Waals surface area contributed by atoms with Crippen LogP contribution in [0.3, 0.4) is 0 Å². The number of carboxylic acids is 1. The number of amides is 1. The summed E-state index contributed by atoms with van der Waals surface area (Å²) in [5.41, 5.74) is 0.844. The molecule has 1 atom stereocenters. The molecule has 0 bridgehead atoms. The first-order valence-electron chi connectivity index (χ1n) is 6.66. The zero-order valence-electron chi connectivity index (χ0n) is 12.5. The van der Waals surface area contributed by atoms with Crippen molar-refractivity contribution >= 4 is 11.9 Å². The molecule has 7 heteroatoms. The highest BCUT2D eigenvalue weighted by atomic mass is 16.5. The summed E-state index contributed by atoms with van der Waals surface area (Å²) in [4.78, 5) is 23.0. The van der Waals surface area contributed by atoms with E-state index in [1.165, 1.54) is 17.8 Å². The second-order valence-electron chi connectivity index (χ2n) is 4.70. The van der Waals surface area contributed by atoms with Gasteiger partial charge in [-0.1, -0.05) is 12.1 Å². The van der Waals surface area contributed by atoms with Crippen molar-refractivity contribution in [1.29, 1.82) is 0 Å². The second-order valence-corrected chi connectivity index (χ2v) is 4.70. The van der Waals surface area contributed by atoms with Crippen molar-refractivity contribution in [2.24, 2.45) is 0 Å². The predicted molar refractivity (Wildman–Crippen MR) is 79.4 cm³/mol. The number of benzene rings is 1. The first-order valence-corrected chi connectivity index (χ1v) is 6.66. The van der Waals surface area contributed by atoms with E-state index in [4.69, 9.17) is 4.74 Å². The van der Waals surface area contributed by atoms with Crippen LogP contribution in [0, 0.1) is 0 Å². The van der Waals surface area contributed by atoms with Gasteiger partial charge in [-0.3, -0.25) is 9.48 Å². The average Bonchev–Trinajstić information content (AvgIpc) is 2.99. The number of ether oxygens (including phenoxy) is 1. The average molecular weight is 303 g/mol. The van der Waals surface area contributed by atoms with Crippen LogP contribution in [0.15, 0.2) is 30.3 Å². The van der Waals surface area contributed by atoms with E-state index in [1.807, 2.05) is 19.1 Å². The van der Waals surface area contributed by atoms with E-state index in [1.54, 1.807) is 19.2 Å². The first kappa shape index (κ1) is 15.6. The highest BCUT2D eigenvalue weighted by Crippen LogP contribution is 2.23. The van der Waals surface area contributed by atoms with Gasteiger partial charge in [0.05, 0.1) is 13.2 Å². The molecule has 0 saturated heterocycles. The van der Waals surface area contributed by atoms with E-state index in [-0.39, 0.29) is 17.4 Å².